The molecule has 0 aliphatic rings. The van der Waals surface area contributed by atoms with E-state index in [1.165, 1.54) is 0 Å². The number of benzene rings is 1. The number of methoxy groups -OCH3 is 1. The van der Waals surface area contributed by atoms with E-state index in [0.29, 0.717) is 24.4 Å². The highest BCUT2D eigenvalue weighted by atomic mass is 16.5. The van der Waals surface area contributed by atoms with E-state index in [1.807, 2.05) is 42.6 Å². The van der Waals surface area contributed by atoms with Gasteiger partial charge in [-0.1, -0.05) is 12.1 Å². The van der Waals surface area contributed by atoms with Crippen LogP contribution in [0.25, 0.3) is 16.6 Å². The van der Waals surface area contributed by atoms with Gasteiger partial charge in [0.25, 0.3) is 0 Å². The predicted molar refractivity (Wildman–Crippen MR) is 108 cm³/mol. The van der Waals surface area contributed by atoms with E-state index in [1.54, 1.807) is 25.4 Å². The van der Waals surface area contributed by atoms with Crippen molar-refractivity contribution in [3.05, 3.63) is 59.5 Å². The van der Waals surface area contributed by atoms with Crippen molar-refractivity contribution < 1.29 is 9.53 Å². The van der Waals surface area contributed by atoms with Gasteiger partial charge in [0.05, 0.1) is 24.5 Å². The maximum atomic E-state index is 12.4. The number of pyridine rings is 1. The molecule has 0 atom stereocenters. The van der Waals surface area contributed by atoms with E-state index in [-0.39, 0.29) is 5.91 Å². The van der Waals surface area contributed by atoms with Crippen LogP contribution >= 0.6 is 0 Å². The third kappa shape index (κ3) is 3.26. The number of ether oxygens (including phenoxy) is 1. The molecule has 0 saturated carbocycles. The quantitative estimate of drug-likeness (QED) is 0.578. The van der Waals surface area contributed by atoms with Crippen molar-refractivity contribution in [3.8, 4) is 5.88 Å². The number of fused-ring (bicyclic) bond motifs is 3. The van der Waals surface area contributed by atoms with Crippen molar-refractivity contribution in [1.29, 1.82) is 0 Å². The molecular weight excluding hydrogens is 354 g/mol. The maximum absolute atomic E-state index is 12.4. The molecule has 1 amide bonds. The fourth-order valence-corrected chi connectivity index (χ4v) is 3.38. The second kappa shape index (κ2) is 7.26. The van der Waals surface area contributed by atoms with Gasteiger partial charge in [0.2, 0.25) is 11.8 Å². The summed E-state index contributed by atoms with van der Waals surface area (Å²) in [5.74, 6) is 0.437. The minimum Gasteiger partial charge on any atom is -0.481 e. The van der Waals surface area contributed by atoms with Gasteiger partial charge in [-0.15, -0.1) is 0 Å². The molecule has 1 N–H and O–H groups in total. The Labute approximate surface area is 162 Å². The van der Waals surface area contributed by atoms with Crippen LogP contribution in [-0.4, -0.2) is 32.6 Å². The Morgan fingerprint density at radius 3 is 2.75 bits per heavy atom. The highest BCUT2D eigenvalue weighted by molar-refractivity contribution is 5.92. The summed E-state index contributed by atoms with van der Waals surface area (Å²) in [7, 11) is 1.55. The van der Waals surface area contributed by atoms with Gasteiger partial charge in [0, 0.05) is 29.3 Å². The molecule has 7 heteroatoms. The third-order valence-electron chi connectivity index (χ3n) is 4.85. The number of aryl methyl sites for hydroxylation is 2. The molecule has 3 heterocycles. The molecular formula is C21H21N5O2. The Morgan fingerprint density at radius 1 is 1.18 bits per heavy atom. The van der Waals surface area contributed by atoms with Gasteiger partial charge in [-0.25, -0.2) is 14.5 Å². The molecule has 0 aliphatic heterocycles. The first-order chi connectivity index (χ1) is 13.6. The van der Waals surface area contributed by atoms with Crippen LogP contribution in [0.3, 0.4) is 0 Å². The molecule has 1 aromatic carbocycles. The standard InChI is InChI=1S/C21H21N5O2/c1-13-16(9-10-19(27)24-15-8-11-20(28-3)22-12-15)14(2)26-21(23-13)17-6-4-5-7-18(17)25-26/h4-8,11-12H,9-10H2,1-3H3,(H,24,27). The molecule has 3 aromatic heterocycles. The first-order valence-corrected chi connectivity index (χ1v) is 9.10. The molecule has 0 bridgehead atoms. The summed E-state index contributed by atoms with van der Waals surface area (Å²) >= 11 is 0. The zero-order chi connectivity index (χ0) is 19.7. The number of hydrogen-bond acceptors (Lipinski definition) is 5. The first kappa shape index (κ1) is 17.9. The Kier molecular flexibility index (Phi) is 4.65. The first-order valence-electron chi connectivity index (χ1n) is 9.10. The summed E-state index contributed by atoms with van der Waals surface area (Å²) in [5.41, 5.74) is 5.39. The molecule has 0 radical (unpaired) electrons. The van der Waals surface area contributed by atoms with Gasteiger partial charge in [-0.05, 0) is 44.0 Å². The molecule has 0 aliphatic carbocycles. The van der Waals surface area contributed by atoms with Crippen molar-refractivity contribution in [3.63, 3.8) is 0 Å². The zero-order valence-corrected chi connectivity index (χ0v) is 16.1. The average Bonchev–Trinajstić information content (AvgIpc) is 3.07. The molecule has 0 saturated heterocycles. The number of nitrogens with zero attached hydrogens (tertiary/aromatic N) is 4. The number of carbonyl (C=O) groups is 1. The number of rotatable bonds is 5. The van der Waals surface area contributed by atoms with Crippen LogP contribution in [0.4, 0.5) is 5.69 Å². The number of carbonyl (C=O) groups excluding carboxylic acids is 1. The minimum absolute atomic E-state index is 0.0727. The SMILES string of the molecule is COc1ccc(NC(=O)CCc2c(C)nc3c4ccccc4nn3c2C)cn1. The summed E-state index contributed by atoms with van der Waals surface area (Å²) in [5, 5.41) is 8.55. The normalized spacial score (nSPS) is 11.1. The molecule has 142 valence electrons. The minimum atomic E-state index is -0.0727. The van der Waals surface area contributed by atoms with Crippen molar-refractivity contribution in [2.75, 3.05) is 12.4 Å². The Balaban J connectivity index is 1.54. The number of amides is 1. The highest BCUT2D eigenvalue weighted by Gasteiger charge is 2.15. The summed E-state index contributed by atoms with van der Waals surface area (Å²) < 4.78 is 6.90. The van der Waals surface area contributed by atoms with Crippen LogP contribution < -0.4 is 10.1 Å². The highest BCUT2D eigenvalue weighted by Crippen LogP contribution is 2.23. The predicted octanol–water partition coefficient (Wildman–Crippen LogP) is 3.47. The molecule has 28 heavy (non-hydrogen) atoms. The monoisotopic (exact) mass is 375 g/mol. The molecule has 4 aromatic rings. The number of anilines is 1. The van der Waals surface area contributed by atoms with Crippen LogP contribution in [0, 0.1) is 13.8 Å². The van der Waals surface area contributed by atoms with Gasteiger partial charge in [0.15, 0.2) is 5.65 Å². The molecule has 0 spiro atoms. The van der Waals surface area contributed by atoms with Crippen LogP contribution in [-0.2, 0) is 11.2 Å². The Morgan fingerprint density at radius 2 is 2.00 bits per heavy atom. The summed E-state index contributed by atoms with van der Waals surface area (Å²) in [6, 6.07) is 11.4. The van der Waals surface area contributed by atoms with E-state index in [9.17, 15) is 4.79 Å². The number of hydrogen-bond donors (Lipinski definition) is 1. The second-order valence-corrected chi connectivity index (χ2v) is 6.65. The van der Waals surface area contributed by atoms with Crippen LogP contribution in [0.5, 0.6) is 5.88 Å². The molecule has 4 rings (SSSR count). The van der Waals surface area contributed by atoms with Crippen molar-refractivity contribution in [1.82, 2.24) is 19.6 Å². The Hall–Kier alpha value is -3.48. The van der Waals surface area contributed by atoms with Crippen LogP contribution in [0.1, 0.15) is 23.4 Å². The summed E-state index contributed by atoms with van der Waals surface area (Å²) in [6.07, 6.45) is 2.52. The van der Waals surface area contributed by atoms with Crippen molar-refractivity contribution in [2.45, 2.75) is 26.7 Å². The molecule has 7 nitrogen and oxygen atoms in total. The van der Waals surface area contributed by atoms with Gasteiger partial charge in [-0.2, -0.15) is 5.10 Å². The van der Waals surface area contributed by atoms with Gasteiger partial charge >= 0.3 is 0 Å². The fraction of sp³-hybridized carbons (Fsp3) is 0.238. The van der Waals surface area contributed by atoms with Crippen LogP contribution in [0.15, 0.2) is 42.6 Å². The number of nitrogens with one attached hydrogen (secondary N) is 1. The average molecular weight is 375 g/mol. The van der Waals surface area contributed by atoms with E-state index in [4.69, 9.17) is 9.72 Å². The lowest BCUT2D eigenvalue weighted by Crippen LogP contribution is -2.14. The zero-order valence-electron chi connectivity index (χ0n) is 16.1. The lowest BCUT2D eigenvalue weighted by Gasteiger charge is -2.11. The van der Waals surface area contributed by atoms with E-state index in [0.717, 1.165) is 33.5 Å². The fourth-order valence-electron chi connectivity index (χ4n) is 3.38. The Bertz CT molecular complexity index is 1170. The molecule has 0 fully saturated rings. The smallest absolute Gasteiger partial charge is 0.224 e. The maximum Gasteiger partial charge on any atom is 0.224 e. The summed E-state index contributed by atoms with van der Waals surface area (Å²) in [6.45, 7) is 4.00. The lowest BCUT2D eigenvalue weighted by molar-refractivity contribution is -0.116. The number of aromatic nitrogens is 4. The van der Waals surface area contributed by atoms with Gasteiger partial charge < -0.3 is 10.1 Å². The molecule has 0 unspecified atom stereocenters. The van der Waals surface area contributed by atoms with E-state index < -0.39 is 0 Å². The third-order valence-corrected chi connectivity index (χ3v) is 4.85. The second-order valence-electron chi connectivity index (χ2n) is 6.65. The summed E-state index contributed by atoms with van der Waals surface area (Å²) in [4.78, 5) is 21.2. The van der Waals surface area contributed by atoms with E-state index in [2.05, 4.69) is 15.4 Å². The largest absolute Gasteiger partial charge is 0.481 e. The van der Waals surface area contributed by atoms with Gasteiger partial charge in [0.1, 0.15) is 0 Å². The lowest BCUT2D eigenvalue weighted by atomic mass is 10.1. The topological polar surface area (TPSA) is 81.4 Å². The van der Waals surface area contributed by atoms with Crippen molar-refractivity contribution >= 4 is 28.1 Å². The van der Waals surface area contributed by atoms with Gasteiger partial charge in [-0.3, -0.25) is 4.79 Å². The van der Waals surface area contributed by atoms with E-state index >= 15 is 0 Å². The van der Waals surface area contributed by atoms with Crippen molar-refractivity contribution in [2.24, 2.45) is 0 Å². The van der Waals surface area contributed by atoms with Crippen LogP contribution in [0.2, 0.25) is 0 Å².